The van der Waals surface area contributed by atoms with Crippen LogP contribution in [0.4, 0.5) is 0 Å². The number of thiocarbonyl (C=S) groups is 1. The van der Waals surface area contributed by atoms with Gasteiger partial charge in [-0.15, -0.1) is 0 Å². The SMILES string of the molecule is O=C(O)[C@H](S)C(=S)c1ccccc1. The zero-order valence-electron chi connectivity index (χ0n) is 6.68. The summed E-state index contributed by atoms with van der Waals surface area (Å²) in [7, 11) is 0. The van der Waals surface area contributed by atoms with Gasteiger partial charge in [-0.25, -0.2) is 0 Å². The Hall–Kier alpha value is -0.870. The van der Waals surface area contributed by atoms with Crippen molar-refractivity contribution in [2.75, 3.05) is 0 Å². The summed E-state index contributed by atoms with van der Waals surface area (Å²) in [5.41, 5.74) is 0.736. The van der Waals surface area contributed by atoms with Crippen LogP contribution >= 0.6 is 24.8 Å². The predicted octanol–water partition coefficient (Wildman–Crippen LogP) is 1.79. The van der Waals surface area contributed by atoms with Crippen molar-refractivity contribution in [2.24, 2.45) is 0 Å². The van der Waals surface area contributed by atoms with Crippen molar-refractivity contribution in [3.63, 3.8) is 0 Å². The van der Waals surface area contributed by atoms with Gasteiger partial charge in [0.2, 0.25) is 0 Å². The molecule has 0 radical (unpaired) electrons. The van der Waals surface area contributed by atoms with E-state index in [9.17, 15) is 4.79 Å². The number of carboxylic acid groups (broad SMARTS) is 1. The number of aliphatic carboxylic acids is 1. The van der Waals surface area contributed by atoms with E-state index in [0.717, 1.165) is 5.56 Å². The predicted molar refractivity (Wildman–Crippen MR) is 58.6 cm³/mol. The average Bonchev–Trinajstić information content (AvgIpc) is 2.17. The van der Waals surface area contributed by atoms with Gasteiger partial charge < -0.3 is 5.11 Å². The summed E-state index contributed by atoms with van der Waals surface area (Å²) in [5.74, 6) is -1.02. The second kappa shape index (κ2) is 4.39. The summed E-state index contributed by atoms with van der Waals surface area (Å²) in [6.45, 7) is 0. The quantitative estimate of drug-likeness (QED) is 0.455. The van der Waals surface area contributed by atoms with Crippen LogP contribution in [0.3, 0.4) is 0 Å². The third-order valence-electron chi connectivity index (χ3n) is 1.54. The van der Waals surface area contributed by atoms with Crippen molar-refractivity contribution >= 4 is 35.7 Å². The highest BCUT2D eigenvalue weighted by atomic mass is 32.1. The molecule has 1 N–H and O–H groups in total. The fourth-order valence-electron chi connectivity index (χ4n) is 0.872. The van der Waals surface area contributed by atoms with Gasteiger partial charge in [0.25, 0.3) is 0 Å². The van der Waals surface area contributed by atoms with Crippen LogP contribution in [-0.2, 0) is 4.79 Å². The molecule has 1 atom stereocenters. The summed E-state index contributed by atoms with van der Waals surface area (Å²) in [5, 5.41) is 7.74. The zero-order valence-corrected chi connectivity index (χ0v) is 8.39. The molecule has 0 spiro atoms. The smallest absolute Gasteiger partial charge is 0.321 e. The molecule has 0 fully saturated rings. The number of hydrogen-bond donors (Lipinski definition) is 2. The number of thiol groups is 1. The minimum absolute atomic E-state index is 0.344. The molecule has 0 saturated carbocycles. The molecule has 0 aromatic heterocycles. The largest absolute Gasteiger partial charge is 0.480 e. The van der Waals surface area contributed by atoms with Gasteiger partial charge in [0.05, 0.1) is 0 Å². The van der Waals surface area contributed by atoms with E-state index < -0.39 is 11.2 Å². The van der Waals surface area contributed by atoms with Gasteiger partial charge >= 0.3 is 5.97 Å². The molecule has 0 amide bonds. The molecule has 68 valence electrons. The normalized spacial score (nSPS) is 12.1. The molecule has 0 bridgehead atoms. The molecule has 0 aliphatic rings. The molecular formula is C9H8O2S2. The van der Waals surface area contributed by atoms with Crippen molar-refractivity contribution in [1.29, 1.82) is 0 Å². The Labute approximate surface area is 87.0 Å². The van der Waals surface area contributed by atoms with E-state index in [2.05, 4.69) is 12.6 Å². The zero-order chi connectivity index (χ0) is 9.84. The second-order valence-corrected chi connectivity index (χ2v) is 3.43. The minimum atomic E-state index is -1.02. The summed E-state index contributed by atoms with van der Waals surface area (Å²) < 4.78 is 0. The van der Waals surface area contributed by atoms with Crippen LogP contribution in [0, 0.1) is 0 Å². The van der Waals surface area contributed by atoms with E-state index in [1.54, 1.807) is 12.1 Å². The lowest BCUT2D eigenvalue weighted by Crippen LogP contribution is -2.23. The molecular weight excluding hydrogens is 204 g/mol. The molecule has 0 aliphatic carbocycles. The first-order valence-corrected chi connectivity index (χ1v) is 4.55. The molecule has 0 unspecified atom stereocenters. The number of benzene rings is 1. The van der Waals surface area contributed by atoms with Gasteiger partial charge in [-0.05, 0) is 5.56 Å². The standard InChI is InChI=1S/C9H8O2S2/c10-9(11)8(13)7(12)6-4-2-1-3-5-6/h1-5,8,13H,(H,10,11)/t8-/m1/s1. The lowest BCUT2D eigenvalue weighted by Gasteiger charge is -2.06. The topological polar surface area (TPSA) is 37.3 Å². The highest BCUT2D eigenvalue weighted by Crippen LogP contribution is 2.09. The maximum Gasteiger partial charge on any atom is 0.321 e. The monoisotopic (exact) mass is 212 g/mol. The van der Waals surface area contributed by atoms with Crippen molar-refractivity contribution in [3.05, 3.63) is 35.9 Å². The summed E-state index contributed by atoms with van der Waals surface area (Å²) >= 11 is 8.85. The van der Waals surface area contributed by atoms with Crippen LogP contribution in [0.5, 0.6) is 0 Å². The first-order valence-electron chi connectivity index (χ1n) is 3.63. The number of hydrogen-bond acceptors (Lipinski definition) is 3. The second-order valence-electron chi connectivity index (χ2n) is 2.47. The van der Waals surface area contributed by atoms with Gasteiger partial charge in [0, 0.05) is 4.86 Å². The van der Waals surface area contributed by atoms with E-state index in [4.69, 9.17) is 17.3 Å². The van der Waals surface area contributed by atoms with Crippen molar-refractivity contribution in [3.8, 4) is 0 Å². The third-order valence-corrected chi connectivity index (χ3v) is 2.67. The summed E-state index contributed by atoms with van der Waals surface area (Å²) in [6.07, 6.45) is 0. The number of carbonyl (C=O) groups is 1. The first-order chi connectivity index (χ1) is 6.13. The maximum absolute atomic E-state index is 10.6. The Balaban J connectivity index is 2.86. The summed E-state index contributed by atoms with van der Waals surface area (Å²) in [4.78, 5) is 10.9. The van der Waals surface area contributed by atoms with E-state index in [0.29, 0.717) is 4.86 Å². The Morgan fingerprint density at radius 2 is 1.92 bits per heavy atom. The van der Waals surface area contributed by atoms with Crippen LogP contribution in [0.1, 0.15) is 5.56 Å². The van der Waals surface area contributed by atoms with Crippen molar-refractivity contribution < 1.29 is 9.90 Å². The van der Waals surface area contributed by atoms with Gasteiger partial charge in [0.15, 0.2) is 0 Å². The van der Waals surface area contributed by atoms with Crippen molar-refractivity contribution in [1.82, 2.24) is 0 Å². The molecule has 0 saturated heterocycles. The van der Waals surface area contributed by atoms with Crippen LogP contribution in [0.25, 0.3) is 0 Å². The maximum atomic E-state index is 10.6. The lowest BCUT2D eigenvalue weighted by molar-refractivity contribution is -0.135. The summed E-state index contributed by atoms with van der Waals surface area (Å²) in [6, 6.07) is 9.01. The van der Waals surface area contributed by atoms with Crippen molar-refractivity contribution in [2.45, 2.75) is 5.25 Å². The molecule has 13 heavy (non-hydrogen) atoms. The third kappa shape index (κ3) is 2.54. The van der Waals surface area contributed by atoms with Crippen LogP contribution in [0.15, 0.2) is 30.3 Å². The highest BCUT2D eigenvalue weighted by Gasteiger charge is 2.18. The molecule has 1 aromatic carbocycles. The molecule has 0 aliphatic heterocycles. The van der Waals surface area contributed by atoms with E-state index in [-0.39, 0.29) is 0 Å². The Morgan fingerprint density at radius 1 is 1.38 bits per heavy atom. The number of rotatable bonds is 3. The molecule has 0 heterocycles. The van der Waals surface area contributed by atoms with Gasteiger partial charge in [-0.2, -0.15) is 12.6 Å². The van der Waals surface area contributed by atoms with Gasteiger partial charge in [-0.1, -0.05) is 42.5 Å². The van der Waals surface area contributed by atoms with Crippen LogP contribution in [-0.4, -0.2) is 21.2 Å². The van der Waals surface area contributed by atoms with E-state index in [1.165, 1.54) is 0 Å². The Morgan fingerprint density at radius 3 is 2.38 bits per heavy atom. The van der Waals surface area contributed by atoms with E-state index in [1.807, 2.05) is 18.2 Å². The Kier molecular flexibility index (Phi) is 3.45. The molecule has 1 rings (SSSR count). The number of carboxylic acids is 1. The molecule has 4 heteroatoms. The molecule has 2 nitrogen and oxygen atoms in total. The fourth-order valence-corrected chi connectivity index (χ4v) is 1.26. The molecule has 1 aromatic rings. The van der Waals surface area contributed by atoms with Gasteiger partial charge in [0.1, 0.15) is 5.25 Å². The highest BCUT2D eigenvalue weighted by molar-refractivity contribution is 7.87. The minimum Gasteiger partial charge on any atom is -0.480 e. The fraction of sp³-hybridized carbons (Fsp3) is 0.111. The van der Waals surface area contributed by atoms with Gasteiger partial charge in [-0.3, -0.25) is 4.79 Å². The lowest BCUT2D eigenvalue weighted by atomic mass is 10.1. The van der Waals surface area contributed by atoms with Crippen LogP contribution in [0.2, 0.25) is 0 Å². The first kappa shape index (κ1) is 10.2. The average molecular weight is 212 g/mol. The van der Waals surface area contributed by atoms with E-state index >= 15 is 0 Å². The van der Waals surface area contributed by atoms with Crippen LogP contribution < -0.4 is 0 Å². The Bertz CT molecular complexity index is 322.